The molecule has 0 aromatic heterocycles. The van der Waals surface area contributed by atoms with Crippen molar-refractivity contribution in [1.82, 2.24) is 10.2 Å². The van der Waals surface area contributed by atoms with Crippen molar-refractivity contribution in [2.75, 3.05) is 20.7 Å². The van der Waals surface area contributed by atoms with E-state index in [4.69, 9.17) is 22.1 Å². The first-order valence-electron chi connectivity index (χ1n) is 8.14. The minimum atomic E-state index is -0.503. The highest BCUT2D eigenvalue weighted by Crippen LogP contribution is 2.14. The summed E-state index contributed by atoms with van der Waals surface area (Å²) in [6, 6.07) is 15.2. The number of hydrogen-bond donors (Lipinski definition) is 2. The van der Waals surface area contributed by atoms with Crippen LogP contribution >= 0.6 is 11.6 Å². The van der Waals surface area contributed by atoms with Crippen molar-refractivity contribution in [3.05, 3.63) is 64.7 Å². The first kappa shape index (κ1) is 19.6. The Bertz CT molecular complexity index is 780. The summed E-state index contributed by atoms with van der Waals surface area (Å²) in [6.07, 6.45) is 0. The third kappa shape index (κ3) is 6.29. The SMILES string of the molecule is CN=C(NCc1cccc(OCC(N)=O)c1)N(C)Cc1cccc(Cl)c1. The van der Waals surface area contributed by atoms with Gasteiger partial charge in [-0.25, -0.2) is 0 Å². The predicted molar refractivity (Wildman–Crippen MR) is 104 cm³/mol. The van der Waals surface area contributed by atoms with E-state index in [9.17, 15) is 4.79 Å². The summed E-state index contributed by atoms with van der Waals surface area (Å²) in [7, 11) is 3.70. The molecule has 3 N–H and O–H groups in total. The van der Waals surface area contributed by atoms with Gasteiger partial charge in [0.25, 0.3) is 5.91 Å². The molecule has 2 aromatic carbocycles. The lowest BCUT2D eigenvalue weighted by atomic mass is 10.2. The Labute approximate surface area is 158 Å². The van der Waals surface area contributed by atoms with Crippen LogP contribution in [0.3, 0.4) is 0 Å². The van der Waals surface area contributed by atoms with Crippen LogP contribution in [0.5, 0.6) is 5.75 Å². The number of primary amides is 1. The lowest BCUT2D eigenvalue weighted by molar-refractivity contribution is -0.119. The molecule has 0 radical (unpaired) electrons. The summed E-state index contributed by atoms with van der Waals surface area (Å²) >= 11 is 6.04. The van der Waals surface area contributed by atoms with Crippen LogP contribution < -0.4 is 15.8 Å². The zero-order chi connectivity index (χ0) is 18.9. The fourth-order valence-electron chi connectivity index (χ4n) is 2.45. The van der Waals surface area contributed by atoms with Crippen molar-refractivity contribution in [2.45, 2.75) is 13.1 Å². The Hall–Kier alpha value is -2.73. The first-order valence-corrected chi connectivity index (χ1v) is 8.52. The van der Waals surface area contributed by atoms with Crippen LogP contribution in [0.25, 0.3) is 0 Å². The molecule has 7 heteroatoms. The smallest absolute Gasteiger partial charge is 0.255 e. The third-order valence-electron chi connectivity index (χ3n) is 3.61. The van der Waals surface area contributed by atoms with Crippen molar-refractivity contribution in [3.63, 3.8) is 0 Å². The number of hydrogen-bond acceptors (Lipinski definition) is 3. The molecule has 1 amide bonds. The van der Waals surface area contributed by atoms with E-state index in [1.807, 2.05) is 54.4 Å². The number of carbonyl (C=O) groups excluding carboxylic acids is 1. The summed E-state index contributed by atoms with van der Waals surface area (Å²) in [5.41, 5.74) is 7.20. The minimum absolute atomic E-state index is 0.138. The Kier molecular flexibility index (Phi) is 7.29. The van der Waals surface area contributed by atoms with E-state index in [0.29, 0.717) is 23.9 Å². The lowest BCUT2D eigenvalue weighted by Gasteiger charge is -2.22. The highest BCUT2D eigenvalue weighted by Gasteiger charge is 2.07. The average molecular weight is 375 g/mol. The standard InChI is InChI=1S/C19H23ClN4O2/c1-22-19(24(2)12-15-6-3-7-16(20)9-15)23-11-14-5-4-8-17(10-14)26-13-18(21)25/h3-10H,11-13H2,1-2H3,(H2,21,25)(H,22,23). The summed E-state index contributed by atoms with van der Waals surface area (Å²) in [4.78, 5) is 17.1. The molecule has 2 aromatic rings. The Morgan fingerprint density at radius 3 is 2.65 bits per heavy atom. The Morgan fingerprint density at radius 2 is 1.96 bits per heavy atom. The molecule has 0 fully saturated rings. The van der Waals surface area contributed by atoms with Gasteiger partial charge in [-0.2, -0.15) is 0 Å². The highest BCUT2D eigenvalue weighted by atomic mass is 35.5. The van der Waals surface area contributed by atoms with Crippen molar-refractivity contribution in [2.24, 2.45) is 10.7 Å². The lowest BCUT2D eigenvalue weighted by Crippen LogP contribution is -2.38. The zero-order valence-corrected chi connectivity index (χ0v) is 15.7. The van der Waals surface area contributed by atoms with Crippen LogP contribution in [0.4, 0.5) is 0 Å². The largest absolute Gasteiger partial charge is 0.484 e. The average Bonchev–Trinajstić information content (AvgIpc) is 2.61. The Morgan fingerprint density at radius 1 is 1.23 bits per heavy atom. The van der Waals surface area contributed by atoms with E-state index in [1.165, 1.54) is 0 Å². The predicted octanol–water partition coefficient (Wildman–Crippen LogP) is 2.41. The fourth-order valence-corrected chi connectivity index (χ4v) is 2.66. The molecule has 0 saturated carbocycles. The summed E-state index contributed by atoms with van der Waals surface area (Å²) in [5, 5.41) is 4.02. The monoisotopic (exact) mass is 374 g/mol. The van der Waals surface area contributed by atoms with Gasteiger partial charge in [0.1, 0.15) is 5.75 Å². The molecule has 0 spiro atoms. The molecule has 0 aliphatic heterocycles. The van der Waals surface area contributed by atoms with Crippen LogP contribution in [0.1, 0.15) is 11.1 Å². The molecule has 0 unspecified atom stereocenters. The maximum Gasteiger partial charge on any atom is 0.255 e. The number of amides is 1. The number of nitrogens with two attached hydrogens (primary N) is 1. The van der Waals surface area contributed by atoms with E-state index >= 15 is 0 Å². The van der Waals surface area contributed by atoms with Gasteiger partial charge in [-0.1, -0.05) is 35.9 Å². The summed E-state index contributed by atoms with van der Waals surface area (Å²) in [6.45, 7) is 1.11. The third-order valence-corrected chi connectivity index (χ3v) is 3.85. The molecule has 0 atom stereocenters. The molecule has 0 heterocycles. The van der Waals surface area contributed by atoms with Crippen LogP contribution in [-0.2, 0) is 17.9 Å². The van der Waals surface area contributed by atoms with Gasteiger partial charge < -0.3 is 20.7 Å². The van der Waals surface area contributed by atoms with Gasteiger partial charge in [0.15, 0.2) is 12.6 Å². The second-order valence-electron chi connectivity index (χ2n) is 5.79. The number of benzene rings is 2. The fraction of sp³-hybridized carbons (Fsp3) is 0.263. The highest BCUT2D eigenvalue weighted by molar-refractivity contribution is 6.30. The van der Waals surface area contributed by atoms with E-state index in [1.54, 1.807) is 13.1 Å². The van der Waals surface area contributed by atoms with Crippen LogP contribution in [-0.4, -0.2) is 37.5 Å². The molecular formula is C19H23ClN4O2. The maximum absolute atomic E-state index is 10.8. The molecule has 0 aliphatic carbocycles. The molecule has 6 nitrogen and oxygen atoms in total. The van der Waals surface area contributed by atoms with Gasteiger partial charge in [-0.05, 0) is 35.4 Å². The molecule has 0 aliphatic rings. The number of aliphatic imine (C=N–C) groups is 1. The number of rotatable bonds is 7. The summed E-state index contributed by atoms with van der Waals surface area (Å²) < 4.78 is 5.32. The Balaban J connectivity index is 1.93. The summed E-state index contributed by atoms with van der Waals surface area (Å²) in [5.74, 6) is 0.857. The number of halogens is 1. The maximum atomic E-state index is 10.8. The topological polar surface area (TPSA) is 80.0 Å². The number of nitrogens with zero attached hydrogens (tertiary/aromatic N) is 2. The molecule has 0 bridgehead atoms. The van der Waals surface area contributed by atoms with Crippen molar-refractivity contribution >= 4 is 23.5 Å². The van der Waals surface area contributed by atoms with Crippen molar-refractivity contribution < 1.29 is 9.53 Å². The van der Waals surface area contributed by atoms with E-state index in [2.05, 4.69) is 10.3 Å². The molecule has 0 saturated heterocycles. The van der Waals surface area contributed by atoms with Gasteiger partial charge in [0.2, 0.25) is 0 Å². The van der Waals surface area contributed by atoms with Gasteiger partial charge in [0, 0.05) is 32.2 Å². The zero-order valence-electron chi connectivity index (χ0n) is 14.9. The van der Waals surface area contributed by atoms with Crippen LogP contribution in [0.2, 0.25) is 5.02 Å². The second kappa shape index (κ2) is 9.68. The normalized spacial score (nSPS) is 11.1. The van der Waals surface area contributed by atoms with E-state index < -0.39 is 5.91 Å². The number of ether oxygens (including phenoxy) is 1. The molecular weight excluding hydrogens is 352 g/mol. The van der Waals surface area contributed by atoms with Crippen molar-refractivity contribution in [3.8, 4) is 5.75 Å². The molecule has 26 heavy (non-hydrogen) atoms. The molecule has 2 rings (SSSR count). The van der Waals surface area contributed by atoms with Crippen LogP contribution in [0, 0.1) is 0 Å². The number of nitrogens with one attached hydrogen (secondary N) is 1. The second-order valence-corrected chi connectivity index (χ2v) is 6.23. The van der Waals surface area contributed by atoms with Gasteiger partial charge in [-0.15, -0.1) is 0 Å². The first-order chi connectivity index (χ1) is 12.5. The van der Waals surface area contributed by atoms with Crippen molar-refractivity contribution in [1.29, 1.82) is 0 Å². The van der Waals surface area contributed by atoms with E-state index in [0.717, 1.165) is 17.1 Å². The van der Waals surface area contributed by atoms with E-state index in [-0.39, 0.29) is 6.61 Å². The number of carbonyl (C=O) groups is 1. The van der Waals surface area contributed by atoms with Gasteiger partial charge >= 0.3 is 0 Å². The van der Waals surface area contributed by atoms with Gasteiger partial charge in [0.05, 0.1) is 0 Å². The quantitative estimate of drug-likeness (QED) is 0.576. The molecule has 138 valence electrons. The van der Waals surface area contributed by atoms with Gasteiger partial charge in [-0.3, -0.25) is 9.79 Å². The number of guanidine groups is 1. The van der Waals surface area contributed by atoms with Crippen LogP contribution in [0.15, 0.2) is 53.5 Å². The minimum Gasteiger partial charge on any atom is -0.484 e.